The Bertz CT molecular complexity index is 106. The molecular weight excluding hydrogens is 345 g/mol. The predicted molar refractivity (Wildman–Crippen MR) is 33.4 cm³/mol. The Morgan fingerprint density at radius 2 is 0.375 bits per heavy atom. The molecule has 0 radical (unpaired) electrons. The summed E-state index contributed by atoms with van der Waals surface area (Å²) in [5, 5.41) is 37.5. The standard InChI is InChI=1S/6CN.Fe.2Ni.H2O/c6*1-2;;;;/h;;;;;;;;;1H2/q6*-1;3*+2;. The summed E-state index contributed by atoms with van der Waals surface area (Å²) in [6, 6.07) is 0. The maximum atomic E-state index is 6.25. The van der Waals surface area contributed by atoms with Gasteiger partial charge < -0.3 is 76.5 Å². The maximum absolute atomic E-state index is 6.25. The molecule has 0 aromatic rings. The van der Waals surface area contributed by atoms with Crippen LogP contribution in [0.25, 0.3) is 0 Å². The molecule has 90 valence electrons. The molecule has 0 amide bonds. The number of hydrogen-bond acceptors (Lipinski definition) is 6. The van der Waals surface area contributed by atoms with Crippen LogP contribution in [0.1, 0.15) is 0 Å². The Balaban J connectivity index is -0.00000000321. The van der Waals surface area contributed by atoms with E-state index in [9.17, 15) is 0 Å². The van der Waals surface area contributed by atoms with Crippen LogP contribution in [0.3, 0.4) is 0 Å². The Hall–Kier alpha value is -1.59. The van der Waals surface area contributed by atoms with Crippen molar-refractivity contribution in [1.29, 1.82) is 31.6 Å². The van der Waals surface area contributed by atoms with Gasteiger partial charge in [-0.15, -0.1) is 0 Å². The first-order chi connectivity index (χ1) is 6.00. The quantitative estimate of drug-likeness (QED) is 0.431. The Morgan fingerprint density at radius 1 is 0.375 bits per heavy atom. The maximum Gasteiger partial charge on any atom is 2.00 e. The third kappa shape index (κ3) is 636. The Kier molecular flexibility index (Phi) is 6770. The van der Waals surface area contributed by atoms with Crippen molar-refractivity contribution < 1.29 is 55.5 Å². The normalized spacial score (nSPS) is 0.750. The van der Waals surface area contributed by atoms with E-state index in [2.05, 4.69) is 0 Å². The van der Waals surface area contributed by atoms with Crippen LogP contribution in [-0.2, 0) is 50.1 Å². The van der Waals surface area contributed by atoms with Crippen molar-refractivity contribution in [2.45, 2.75) is 0 Å². The molecule has 0 aliphatic rings. The van der Waals surface area contributed by atoms with Crippen molar-refractivity contribution in [3.63, 3.8) is 0 Å². The van der Waals surface area contributed by atoms with Gasteiger partial charge in [-0.05, 0) is 0 Å². The van der Waals surface area contributed by atoms with E-state index in [0.717, 1.165) is 0 Å². The fraction of sp³-hybridized carbons (Fsp3) is 0. The molecule has 0 spiro atoms. The molecule has 0 saturated heterocycles. The minimum absolute atomic E-state index is 0. The first kappa shape index (κ1) is 133. The summed E-state index contributed by atoms with van der Waals surface area (Å²) in [6.45, 7) is 28.5. The zero-order valence-corrected chi connectivity index (χ0v) is 10.2. The second kappa shape index (κ2) is 813. The van der Waals surface area contributed by atoms with E-state index in [-0.39, 0.29) is 55.5 Å². The topological polar surface area (TPSA) is 174 Å². The average molecular weight is 347 g/mol. The molecule has 0 aromatic carbocycles. The summed E-state index contributed by atoms with van der Waals surface area (Å²) < 4.78 is 0. The smallest absolute Gasteiger partial charge is 0.512 e. The molecule has 0 fully saturated rings. The van der Waals surface area contributed by atoms with Gasteiger partial charge in [0.1, 0.15) is 0 Å². The molecule has 0 heterocycles. The van der Waals surface area contributed by atoms with Gasteiger partial charge in [0.15, 0.2) is 0 Å². The molecule has 0 aliphatic heterocycles. The summed E-state index contributed by atoms with van der Waals surface area (Å²) in [5.41, 5.74) is 0. The molecule has 0 rings (SSSR count). The predicted octanol–water partition coefficient (Wildman–Crippen LogP) is -0.254. The molecule has 7 nitrogen and oxygen atoms in total. The van der Waals surface area contributed by atoms with Crippen LogP contribution < -0.4 is 0 Å². The molecule has 0 aliphatic carbocycles. The van der Waals surface area contributed by atoms with Gasteiger partial charge >= 0.3 is 50.1 Å². The molecular formula is C6H2FeN6Ni2O. The zero-order chi connectivity index (χ0) is 12.0. The summed E-state index contributed by atoms with van der Waals surface area (Å²) in [6.07, 6.45) is 0. The van der Waals surface area contributed by atoms with E-state index in [1.165, 1.54) is 0 Å². The van der Waals surface area contributed by atoms with Gasteiger partial charge in [0.05, 0.1) is 0 Å². The monoisotopic (exact) mass is 346 g/mol. The summed E-state index contributed by atoms with van der Waals surface area (Å²) in [5.74, 6) is 0. The summed E-state index contributed by atoms with van der Waals surface area (Å²) in [4.78, 5) is 0. The number of hydrogen-bond donors (Lipinski definition) is 0. The molecule has 0 bridgehead atoms. The van der Waals surface area contributed by atoms with E-state index < -0.39 is 0 Å². The van der Waals surface area contributed by atoms with Crippen molar-refractivity contribution >= 4 is 0 Å². The van der Waals surface area contributed by atoms with Gasteiger partial charge in [0.25, 0.3) is 0 Å². The van der Waals surface area contributed by atoms with Crippen molar-refractivity contribution in [3.8, 4) is 0 Å². The van der Waals surface area contributed by atoms with Gasteiger partial charge in [-0.2, -0.15) is 0 Å². The molecule has 0 atom stereocenters. The average Bonchev–Trinajstić information content (AvgIpc) is 2.33. The van der Waals surface area contributed by atoms with E-state index in [1.54, 1.807) is 0 Å². The molecule has 2 N–H and O–H groups in total. The van der Waals surface area contributed by atoms with E-state index in [4.69, 9.17) is 71.0 Å². The van der Waals surface area contributed by atoms with Crippen LogP contribution >= 0.6 is 0 Å². The third-order valence-electron chi connectivity index (χ3n) is 0. The van der Waals surface area contributed by atoms with Gasteiger partial charge in [0.2, 0.25) is 0 Å². The van der Waals surface area contributed by atoms with Crippen molar-refractivity contribution in [2.24, 2.45) is 0 Å². The summed E-state index contributed by atoms with van der Waals surface area (Å²) >= 11 is 0. The van der Waals surface area contributed by atoms with E-state index in [0.29, 0.717) is 0 Å². The fourth-order valence-electron chi connectivity index (χ4n) is 0. The van der Waals surface area contributed by atoms with Crippen molar-refractivity contribution in [1.82, 2.24) is 0 Å². The first-order valence-electron chi connectivity index (χ1n) is 1.34. The third-order valence-corrected chi connectivity index (χ3v) is 0. The van der Waals surface area contributed by atoms with Crippen LogP contribution in [0.4, 0.5) is 0 Å². The Labute approximate surface area is 126 Å². The SMILES string of the molecule is O.[C-]#N.[C-]#N.[C-]#N.[C-]#N.[C-]#N.[C-]#N.[Fe+2].[Ni+2].[Ni+2]. The van der Waals surface area contributed by atoms with E-state index >= 15 is 0 Å². The zero-order valence-electron chi connectivity index (χ0n) is 7.17. The fourth-order valence-corrected chi connectivity index (χ4v) is 0. The minimum atomic E-state index is 0. The minimum Gasteiger partial charge on any atom is -0.512 e. The molecule has 0 aromatic heterocycles. The van der Waals surface area contributed by atoms with Gasteiger partial charge in [-0.1, -0.05) is 0 Å². The first-order valence-corrected chi connectivity index (χ1v) is 1.34. The largest absolute Gasteiger partial charge is 2.00 e. The van der Waals surface area contributed by atoms with Crippen molar-refractivity contribution in [2.75, 3.05) is 0 Å². The van der Waals surface area contributed by atoms with Crippen LogP contribution in [0, 0.1) is 71.0 Å². The van der Waals surface area contributed by atoms with Crippen LogP contribution in [0.2, 0.25) is 0 Å². The van der Waals surface area contributed by atoms with Crippen molar-refractivity contribution in [3.05, 3.63) is 39.4 Å². The second-order valence-electron chi connectivity index (χ2n) is 0. The number of nitrogens with zero attached hydrogens (tertiary/aromatic N) is 6. The van der Waals surface area contributed by atoms with Gasteiger partial charge in [0, 0.05) is 0 Å². The molecule has 0 unspecified atom stereocenters. The molecule has 16 heavy (non-hydrogen) atoms. The van der Waals surface area contributed by atoms with E-state index in [1.807, 2.05) is 0 Å². The van der Waals surface area contributed by atoms with Gasteiger partial charge in [-0.3, -0.25) is 0 Å². The summed E-state index contributed by atoms with van der Waals surface area (Å²) in [7, 11) is 0. The van der Waals surface area contributed by atoms with Crippen LogP contribution in [0.5, 0.6) is 0 Å². The molecule has 0 saturated carbocycles. The van der Waals surface area contributed by atoms with Crippen LogP contribution in [-0.4, -0.2) is 5.48 Å². The van der Waals surface area contributed by atoms with Gasteiger partial charge in [-0.25, -0.2) is 0 Å². The second-order valence-corrected chi connectivity index (χ2v) is 0. The van der Waals surface area contributed by atoms with Crippen LogP contribution in [0.15, 0.2) is 0 Å². The number of rotatable bonds is 0. The Morgan fingerprint density at radius 3 is 0.375 bits per heavy atom. The molecule has 10 heteroatoms.